The Balaban J connectivity index is 2.29. The van der Waals surface area contributed by atoms with Crippen molar-refractivity contribution in [3.05, 3.63) is 59.7 Å². The molecule has 2 aromatic rings. The molecule has 110 valence electrons. The van der Waals surface area contributed by atoms with Gasteiger partial charge in [-0.25, -0.2) is 0 Å². The normalized spacial score (nSPS) is 11.7. The number of aldehydes is 1. The van der Waals surface area contributed by atoms with Gasteiger partial charge in [-0.3, -0.25) is 0 Å². The highest BCUT2D eigenvalue weighted by Crippen LogP contribution is 2.30. The zero-order chi connectivity index (χ0) is 15.1. The van der Waals surface area contributed by atoms with Gasteiger partial charge in [0.05, 0.1) is 13.7 Å². The van der Waals surface area contributed by atoms with Crippen LogP contribution in [0.5, 0.6) is 11.5 Å². The second-order valence-corrected chi connectivity index (χ2v) is 4.73. The van der Waals surface area contributed by atoms with Gasteiger partial charge in [0.2, 0.25) is 0 Å². The van der Waals surface area contributed by atoms with Gasteiger partial charge in [0.15, 0.2) is 0 Å². The molecule has 3 heteroatoms. The molecular formula is C18H20O3. The minimum Gasteiger partial charge on any atom is -0.496 e. The van der Waals surface area contributed by atoms with Crippen molar-refractivity contribution in [1.29, 1.82) is 0 Å². The zero-order valence-corrected chi connectivity index (χ0v) is 12.4. The first kappa shape index (κ1) is 15.1. The van der Waals surface area contributed by atoms with Crippen LogP contribution in [0.2, 0.25) is 0 Å². The van der Waals surface area contributed by atoms with E-state index in [0.29, 0.717) is 13.0 Å². The average molecular weight is 284 g/mol. The third-order valence-corrected chi connectivity index (χ3v) is 3.41. The van der Waals surface area contributed by atoms with Crippen LogP contribution in [0.4, 0.5) is 0 Å². The molecule has 0 saturated heterocycles. The van der Waals surface area contributed by atoms with Crippen molar-refractivity contribution >= 4 is 6.29 Å². The predicted octanol–water partition coefficient (Wildman–Crippen LogP) is 3.62. The Hall–Kier alpha value is -2.29. The summed E-state index contributed by atoms with van der Waals surface area (Å²) in [6.07, 6.45) is 1.57. The van der Waals surface area contributed by atoms with Crippen molar-refractivity contribution < 1.29 is 14.3 Å². The van der Waals surface area contributed by atoms with E-state index in [9.17, 15) is 4.79 Å². The van der Waals surface area contributed by atoms with Crippen molar-refractivity contribution in [3.8, 4) is 11.5 Å². The smallest absolute Gasteiger partial charge is 0.127 e. The van der Waals surface area contributed by atoms with Crippen LogP contribution >= 0.6 is 0 Å². The SMILES string of the molecule is CCOc1ccccc1CC(C=O)c1ccccc1OC. The third kappa shape index (κ3) is 3.63. The fourth-order valence-corrected chi connectivity index (χ4v) is 2.41. The van der Waals surface area contributed by atoms with Gasteiger partial charge in [-0.1, -0.05) is 36.4 Å². The lowest BCUT2D eigenvalue weighted by Gasteiger charge is -2.16. The molecule has 0 aromatic heterocycles. The number of carbonyl (C=O) groups is 1. The van der Waals surface area contributed by atoms with Crippen LogP contribution in [0.3, 0.4) is 0 Å². The topological polar surface area (TPSA) is 35.5 Å². The maximum absolute atomic E-state index is 11.6. The van der Waals surface area contributed by atoms with Gasteiger partial charge in [-0.2, -0.15) is 0 Å². The number of rotatable bonds is 7. The Labute approximate surface area is 125 Å². The van der Waals surface area contributed by atoms with Gasteiger partial charge in [-0.05, 0) is 31.0 Å². The molecule has 0 heterocycles. The van der Waals surface area contributed by atoms with Gasteiger partial charge >= 0.3 is 0 Å². The molecule has 21 heavy (non-hydrogen) atoms. The summed E-state index contributed by atoms with van der Waals surface area (Å²) in [5.74, 6) is 1.33. The largest absolute Gasteiger partial charge is 0.496 e. The Morgan fingerprint density at radius 2 is 1.71 bits per heavy atom. The van der Waals surface area contributed by atoms with E-state index in [0.717, 1.165) is 28.9 Å². The predicted molar refractivity (Wildman–Crippen MR) is 83.1 cm³/mol. The molecule has 1 unspecified atom stereocenters. The Kier molecular flexibility index (Phi) is 5.38. The Bertz CT molecular complexity index is 593. The summed E-state index contributed by atoms with van der Waals surface area (Å²) < 4.78 is 11.0. The van der Waals surface area contributed by atoms with Crippen molar-refractivity contribution in [2.24, 2.45) is 0 Å². The van der Waals surface area contributed by atoms with Gasteiger partial charge in [0.1, 0.15) is 17.8 Å². The van der Waals surface area contributed by atoms with Gasteiger partial charge in [0, 0.05) is 11.5 Å². The Morgan fingerprint density at radius 3 is 2.38 bits per heavy atom. The first-order valence-corrected chi connectivity index (χ1v) is 7.09. The summed E-state index contributed by atoms with van der Waals surface area (Å²) in [6.45, 7) is 2.56. The molecule has 0 saturated carbocycles. The van der Waals surface area contributed by atoms with Crippen molar-refractivity contribution in [1.82, 2.24) is 0 Å². The molecule has 0 radical (unpaired) electrons. The third-order valence-electron chi connectivity index (χ3n) is 3.41. The maximum Gasteiger partial charge on any atom is 0.127 e. The summed E-state index contributed by atoms with van der Waals surface area (Å²) in [6, 6.07) is 15.5. The highest BCUT2D eigenvalue weighted by Gasteiger charge is 2.17. The summed E-state index contributed by atoms with van der Waals surface area (Å²) >= 11 is 0. The van der Waals surface area contributed by atoms with E-state index in [2.05, 4.69) is 0 Å². The number of hydrogen-bond donors (Lipinski definition) is 0. The maximum atomic E-state index is 11.6. The first-order chi connectivity index (χ1) is 10.3. The lowest BCUT2D eigenvalue weighted by molar-refractivity contribution is -0.109. The average Bonchev–Trinajstić information content (AvgIpc) is 2.54. The van der Waals surface area contributed by atoms with Crippen LogP contribution < -0.4 is 9.47 Å². The molecule has 0 aliphatic carbocycles. The van der Waals surface area contributed by atoms with Crippen molar-refractivity contribution in [3.63, 3.8) is 0 Å². The molecule has 3 nitrogen and oxygen atoms in total. The van der Waals surface area contributed by atoms with E-state index >= 15 is 0 Å². The molecule has 0 aliphatic heterocycles. The lowest BCUT2D eigenvalue weighted by atomic mass is 9.92. The molecule has 0 amide bonds. The van der Waals surface area contributed by atoms with Crippen molar-refractivity contribution in [2.75, 3.05) is 13.7 Å². The van der Waals surface area contributed by atoms with Crippen LogP contribution in [0.1, 0.15) is 24.0 Å². The number of hydrogen-bond acceptors (Lipinski definition) is 3. The van der Waals surface area contributed by atoms with Crippen LogP contribution in [-0.4, -0.2) is 20.0 Å². The fraction of sp³-hybridized carbons (Fsp3) is 0.278. The molecule has 2 rings (SSSR count). The first-order valence-electron chi connectivity index (χ1n) is 7.09. The number of ether oxygens (including phenoxy) is 2. The molecule has 0 N–H and O–H groups in total. The van der Waals surface area contributed by atoms with E-state index in [-0.39, 0.29) is 5.92 Å². The second-order valence-electron chi connectivity index (χ2n) is 4.73. The van der Waals surface area contributed by atoms with Crippen LogP contribution in [0.25, 0.3) is 0 Å². The Morgan fingerprint density at radius 1 is 1.05 bits per heavy atom. The summed E-state index contributed by atoms with van der Waals surface area (Å²) in [5, 5.41) is 0. The molecule has 0 bridgehead atoms. The van der Waals surface area contributed by atoms with Crippen LogP contribution in [-0.2, 0) is 11.2 Å². The molecule has 0 spiro atoms. The van der Waals surface area contributed by atoms with Gasteiger partial charge in [0.25, 0.3) is 0 Å². The van der Waals surface area contributed by atoms with E-state index in [1.807, 2.05) is 55.5 Å². The molecule has 0 aliphatic rings. The number of para-hydroxylation sites is 2. The standard InChI is InChI=1S/C18H20O3/c1-3-21-17-10-6-4-8-14(17)12-15(13-19)16-9-5-7-11-18(16)20-2/h4-11,13,15H,3,12H2,1-2H3. The monoisotopic (exact) mass is 284 g/mol. The molecular weight excluding hydrogens is 264 g/mol. The number of benzene rings is 2. The zero-order valence-electron chi connectivity index (χ0n) is 12.4. The van der Waals surface area contributed by atoms with Gasteiger partial charge < -0.3 is 14.3 Å². The fourth-order valence-electron chi connectivity index (χ4n) is 2.41. The molecule has 0 fully saturated rings. The van der Waals surface area contributed by atoms with E-state index in [4.69, 9.17) is 9.47 Å². The summed E-state index contributed by atoms with van der Waals surface area (Å²) in [4.78, 5) is 11.6. The number of carbonyl (C=O) groups excluding carboxylic acids is 1. The number of methoxy groups -OCH3 is 1. The second kappa shape index (κ2) is 7.48. The van der Waals surface area contributed by atoms with E-state index < -0.39 is 0 Å². The van der Waals surface area contributed by atoms with E-state index in [1.54, 1.807) is 7.11 Å². The summed E-state index contributed by atoms with van der Waals surface area (Å²) in [7, 11) is 1.62. The molecule has 1 atom stereocenters. The van der Waals surface area contributed by atoms with Crippen LogP contribution in [0.15, 0.2) is 48.5 Å². The van der Waals surface area contributed by atoms with E-state index in [1.165, 1.54) is 0 Å². The van der Waals surface area contributed by atoms with Gasteiger partial charge in [-0.15, -0.1) is 0 Å². The summed E-state index contributed by atoms with van der Waals surface area (Å²) in [5.41, 5.74) is 1.93. The minimum atomic E-state index is -0.247. The highest BCUT2D eigenvalue weighted by atomic mass is 16.5. The van der Waals surface area contributed by atoms with Crippen LogP contribution in [0, 0.1) is 0 Å². The van der Waals surface area contributed by atoms with Crippen molar-refractivity contribution in [2.45, 2.75) is 19.3 Å². The minimum absolute atomic E-state index is 0.247. The lowest BCUT2D eigenvalue weighted by Crippen LogP contribution is -2.08. The quantitative estimate of drug-likeness (QED) is 0.728. The molecule has 2 aromatic carbocycles. The highest BCUT2D eigenvalue weighted by molar-refractivity contribution is 5.65.